The average Bonchev–Trinajstić information content (AvgIpc) is 2.63. The number of carbonyl (C=O) groups excluding carboxylic acids is 1. The second kappa shape index (κ2) is 16.7. The number of hydrogen-bond donors (Lipinski definition) is 0. The largest absolute Gasteiger partial charge is 0.435 e. The lowest BCUT2D eigenvalue weighted by atomic mass is 9.85. The van der Waals surface area contributed by atoms with E-state index in [0.29, 0.717) is 6.42 Å². The minimum atomic E-state index is -0.145. The molecule has 0 N–H and O–H groups in total. The quantitative estimate of drug-likeness (QED) is 0.162. The highest BCUT2D eigenvalue weighted by Gasteiger charge is 2.12. The predicted molar refractivity (Wildman–Crippen MR) is 108 cm³/mol. The van der Waals surface area contributed by atoms with Crippen LogP contribution in [0.4, 0.5) is 0 Å². The van der Waals surface area contributed by atoms with Crippen molar-refractivity contribution in [2.24, 2.45) is 5.92 Å². The third-order valence-electron chi connectivity index (χ3n) is 5.68. The van der Waals surface area contributed by atoms with Crippen molar-refractivity contribution in [3.63, 3.8) is 0 Å². The van der Waals surface area contributed by atoms with Gasteiger partial charge in [-0.25, -0.2) is 0 Å². The monoisotopic (exact) mass is 350 g/mol. The summed E-state index contributed by atoms with van der Waals surface area (Å²) in [5, 5.41) is 0. The van der Waals surface area contributed by atoms with Crippen LogP contribution in [0, 0.1) is 5.92 Å². The van der Waals surface area contributed by atoms with Crippen molar-refractivity contribution in [1.82, 2.24) is 0 Å². The van der Waals surface area contributed by atoms with E-state index in [4.69, 9.17) is 4.74 Å². The number of ether oxygens (including phenoxy) is 1. The van der Waals surface area contributed by atoms with Crippen LogP contribution in [-0.2, 0) is 9.53 Å². The SMILES string of the molecule is C=COC(=O)CCCCCCCCCCCCCCC1CCCCC1. The van der Waals surface area contributed by atoms with Crippen LogP contribution in [0.2, 0.25) is 0 Å². The van der Waals surface area contributed by atoms with Crippen LogP contribution >= 0.6 is 0 Å². The lowest BCUT2D eigenvalue weighted by Crippen LogP contribution is -2.05. The van der Waals surface area contributed by atoms with E-state index < -0.39 is 0 Å². The van der Waals surface area contributed by atoms with E-state index in [0.717, 1.165) is 18.8 Å². The molecule has 1 saturated carbocycles. The standard InChI is InChI=1S/C23H42O2/c1-2-25-23(24)21-17-12-10-8-6-4-3-5-7-9-11-14-18-22-19-15-13-16-20-22/h2,22H,1,3-21H2. The predicted octanol–water partition coefficient (Wildman–Crippen LogP) is 7.71. The van der Waals surface area contributed by atoms with E-state index in [2.05, 4.69) is 6.58 Å². The van der Waals surface area contributed by atoms with Crippen LogP contribution in [0.15, 0.2) is 12.8 Å². The molecule has 0 bridgehead atoms. The summed E-state index contributed by atoms with van der Waals surface area (Å²) in [4.78, 5) is 11.1. The third-order valence-corrected chi connectivity index (χ3v) is 5.68. The molecule has 1 aliphatic rings. The van der Waals surface area contributed by atoms with Crippen LogP contribution in [-0.4, -0.2) is 5.97 Å². The van der Waals surface area contributed by atoms with Gasteiger partial charge >= 0.3 is 5.97 Å². The Kier molecular flexibility index (Phi) is 14.8. The summed E-state index contributed by atoms with van der Waals surface area (Å²) in [5.41, 5.74) is 0. The number of rotatable bonds is 16. The molecule has 1 fully saturated rings. The fourth-order valence-electron chi connectivity index (χ4n) is 4.10. The van der Waals surface area contributed by atoms with Gasteiger partial charge in [0.15, 0.2) is 0 Å². The molecular weight excluding hydrogens is 308 g/mol. The zero-order valence-electron chi connectivity index (χ0n) is 16.6. The number of carbonyl (C=O) groups is 1. The molecule has 0 aromatic carbocycles. The van der Waals surface area contributed by atoms with Crippen molar-refractivity contribution in [3.05, 3.63) is 12.8 Å². The highest BCUT2D eigenvalue weighted by molar-refractivity contribution is 5.69. The maximum absolute atomic E-state index is 11.1. The van der Waals surface area contributed by atoms with E-state index in [-0.39, 0.29) is 5.97 Å². The maximum atomic E-state index is 11.1. The Morgan fingerprint density at radius 2 is 1.24 bits per heavy atom. The Morgan fingerprint density at radius 3 is 1.76 bits per heavy atom. The van der Waals surface area contributed by atoms with Crippen LogP contribution in [0.25, 0.3) is 0 Å². The lowest BCUT2D eigenvalue weighted by Gasteiger charge is -2.21. The molecule has 25 heavy (non-hydrogen) atoms. The highest BCUT2D eigenvalue weighted by atomic mass is 16.5. The molecule has 0 aromatic rings. The second-order valence-electron chi connectivity index (χ2n) is 7.94. The van der Waals surface area contributed by atoms with Crippen LogP contribution in [0.1, 0.15) is 122 Å². The van der Waals surface area contributed by atoms with Crippen molar-refractivity contribution < 1.29 is 9.53 Å². The lowest BCUT2D eigenvalue weighted by molar-refractivity contribution is -0.138. The molecule has 2 heteroatoms. The van der Waals surface area contributed by atoms with Gasteiger partial charge in [0.2, 0.25) is 0 Å². The van der Waals surface area contributed by atoms with E-state index in [1.165, 1.54) is 109 Å². The molecule has 2 nitrogen and oxygen atoms in total. The fourth-order valence-corrected chi connectivity index (χ4v) is 4.10. The molecule has 0 aliphatic heterocycles. The van der Waals surface area contributed by atoms with Crippen molar-refractivity contribution in [2.75, 3.05) is 0 Å². The van der Waals surface area contributed by atoms with E-state index in [1.54, 1.807) is 0 Å². The molecule has 0 radical (unpaired) electrons. The van der Waals surface area contributed by atoms with E-state index in [1.807, 2.05) is 0 Å². The summed E-state index contributed by atoms with van der Waals surface area (Å²) in [5.74, 6) is 0.926. The normalized spacial score (nSPS) is 15.2. The molecule has 146 valence electrons. The number of esters is 1. The first-order valence-corrected chi connectivity index (χ1v) is 11.1. The minimum Gasteiger partial charge on any atom is -0.435 e. The van der Waals surface area contributed by atoms with Gasteiger partial charge in [0.05, 0.1) is 6.26 Å². The zero-order valence-corrected chi connectivity index (χ0v) is 16.6. The van der Waals surface area contributed by atoms with Crippen LogP contribution < -0.4 is 0 Å². The molecule has 0 aromatic heterocycles. The van der Waals surface area contributed by atoms with Gasteiger partial charge in [-0.1, -0.05) is 116 Å². The van der Waals surface area contributed by atoms with Gasteiger partial charge in [-0.05, 0) is 12.3 Å². The van der Waals surface area contributed by atoms with Gasteiger partial charge in [-0.2, -0.15) is 0 Å². The Balaban J connectivity index is 1.70. The summed E-state index contributed by atoms with van der Waals surface area (Å²) in [6, 6.07) is 0. The van der Waals surface area contributed by atoms with Gasteiger partial charge in [0.1, 0.15) is 0 Å². The summed E-state index contributed by atoms with van der Waals surface area (Å²) in [6.45, 7) is 3.39. The van der Waals surface area contributed by atoms with Gasteiger partial charge in [0.25, 0.3) is 0 Å². The molecule has 1 rings (SSSR count). The van der Waals surface area contributed by atoms with Crippen LogP contribution in [0.3, 0.4) is 0 Å². The summed E-state index contributed by atoms with van der Waals surface area (Å²) < 4.78 is 4.70. The minimum absolute atomic E-state index is 0.145. The molecular formula is C23H42O2. The second-order valence-corrected chi connectivity index (χ2v) is 7.94. The molecule has 0 spiro atoms. The maximum Gasteiger partial charge on any atom is 0.310 e. The number of hydrogen-bond acceptors (Lipinski definition) is 2. The van der Waals surface area contributed by atoms with Gasteiger partial charge < -0.3 is 4.74 Å². The van der Waals surface area contributed by atoms with E-state index in [9.17, 15) is 4.79 Å². The van der Waals surface area contributed by atoms with Crippen molar-refractivity contribution in [2.45, 2.75) is 122 Å². The first-order valence-electron chi connectivity index (χ1n) is 11.1. The Morgan fingerprint density at radius 1 is 0.760 bits per heavy atom. The van der Waals surface area contributed by atoms with Gasteiger partial charge in [-0.15, -0.1) is 0 Å². The van der Waals surface area contributed by atoms with Gasteiger partial charge in [-0.3, -0.25) is 4.79 Å². The Labute approximate surface area is 156 Å². The summed E-state index contributed by atoms with van der Waals surface area (Å²) in [7, 11) is 0. The molecule has 1 aliphatic carbocycles. The zero-order chi connectivity index (χ0) is 18.0. The smallest absolute Gasteiger partial charge is 0.310 e. The molecule has 0 unspecified atom stereocenters. The summed E-state index contributed by atoms with van der Waals surface area (Å²) >= 11 is 0. The van der Waals surface area contributed by atoms with Crippen molar-refractivity contribution in [3.8, 4) is 0 Å². The van der Waals surface area contributed by atoms with E-state index >= 15 is 0 Å². The fraction of sp³-hybridized carbons (Fsp3) is 0.870. The topological polar surface area (TPSA) is 26.3 Å². The average molecular weight is 351 g/mol. The third kappa shape index (κ3) is 14.1. The van der Waals surface area contributed by atoms with Gasteiger partial charge in [0, 0.05) is 6.42 Å². The first-order chi connectivity index (χ1) is 12.3. The molecule has 0 saturated heterocycles. The van der Waals surface area contributed by atoms with Crippen molar-refractivity contribution in [1.29, 1.82) is 0 Å². The summed E-state index contributed by atoms with van der Waals surface area (Å²) in [6.07, 6.45) is 26.8. The first kappa shape index (κ1) is 22.3. The number of unbranched alkanes of at least 4 members (excludes halogenated alkanes) is 11. The highest BCUT2D eigenvalue weighted by Crippen LogP contribution is 2.28. The molecule has 0 atom stereocenters. The Bertz CT molecular complexity index is 318. The van der Waals surface area contributed by atoms with Crippen LogP contribution in [0.5, 0.6) is 0 Å². The molecule has 0 amide bonds. The van der Waals surface area contributed by atoms with Crippen molar-refractivity contribution >= 4 is 5.97 Å². The Hall–Kier alpha value is -0.790. The molecule has 0 heterocycles.